The van der Waals surface area contributed by atoms with E-state index in [1.807, 2.05) is 24.4 Å². The lowest BCUT2D eigenvalue weighted by molar-refractivity contribution is 0.670. The van der Waals surface area contributed by atoms with Crippen LogP contribution < -0.4 is 0 Å². The summed E-state index contributed by atoms with van der Waals surface area (Å²) in [7, 11) is 0. The minimum absolute atomic E-state index is 0.200. The van der Waals surface area contributed by atoms with Gasteiger partial charge in [0.1, 0.15) is 0 Å². The molecule has 2 aliphatic carbocycles. The van der Waals surface area contributed by atoms with Crippen LogP contribution in [0.1, 0.15) is 57.7 Å². The molecule has 2 aliphatic rings. The molecule has 0 amide bonds. The highest BCUT2D eigenvalue weighted by molar-refractivity contribution is 5.97. The molecular weight excluding hydrogens is 701 g/mol. The maximum absolute atomic E-state index is 5.22. The number of aromatic nitrogens is 2. The van der Waals surface area contributed by atoms with Crippen LogP contribution in [0.5, 0.6) is 0 Å². The Morgan fingerprint density at radius 2 is 1.16 bits per heavy atom. The predicted octanol–water partition coefficient (Wildman–Crippen LogP) is 13.9. The largest absolute Gasteiger partial charge is 0.255 e. The summed E-state index contributed by atoms with van der Waals surface area (Å²) in [5.41, 5.74) is 18.9. The molecule has 9 aromatic rings. The zero-order chi connectivity index (χ0) is 38.6. The summed E-state index contributed by atoms with van der Waals surface area (Å²) in [5, 5.41) is 1.14. The Kier molecular flexibility index (Phi) is 8.11. The fraction of sp³-hybridized carbons (Fsp3) is 0.0714. The number of allylic oxidation sites excluding steroid dienone is 1. The molecule has 0 N–H and O–H groups in total. The van der Waals surface area contributed by atoms with Gasteiger partial charge in [-0.2, -0.15) is 0 Å². The van der Waals surface area contributed by atoms with Crippen LogP contribution in [0.4, 0.5) is 0 Å². The van der Waals surface area contributed by atoms with E-state index >= 15 is 0 Å². The molecule has 58 heavy (non-hydrogen) atoms. The van der Waals surface area contributed by atoms with Gasteiger partial charge in [0.2, 0.25) is 0 Å². The summed E-state index contributed by atoms with van der Waals surface area (Å²) in [6, 6.07) is 71.0. The Bertz CT molecular complexity index is 2970. The van der Waals surface area contributed by atoms with Gasteiger partial charge in [-0.25, -0.2) is 4.98 Å². The number of fused-ring (bicyclic) bond motifs is 5. The molecule has 0 aliphatic heterocycles. The van der Waals surface area contributed by atoms with E-state index in [-0.39, 0.29) is 11.8 Å². The molecule has 0 fully saturated rings. The van der Waals surface area contributed by atoms with Crippen LogP contribution in [-0.2, 0) is 5.41 Å². The van der Waals surface area contributed by atoms with E-state index in [1.54, 1.807) is 0 Å². The first-order chi connectivity index (χ1) is 28.7. The molecule has 2 aromatic heterocycles. The van der Waals surface area contributed by atoms with Crippen LogP contribution in [0.3, 0.4) is 0 Å². The number of pyridine rings is 2. The second-order valence-electron chi connectivity index (χ2n) is 15.7. The molecule has 274 valence electrons. The Morgan fingerprint density at radius 1 is 0.483 bits per heavy atom. The lowest BCUT2D eigenvalue weighted by Crippen LogP contribution is -2.28. The molecule has 7 aromatic carbocycles. The quantitative estimate of drug-likeness (QED) is 0.170. The fourth-order valence-corrected chi connectivity index (χ4v) is 9.85. The second kappa shape index (κ2) is 13.8. The van der Waals surface area contributed by atoms with Crippen LogP contribution in [0, 0.1) is 0 Å². The van der Waals surface area contributed by atoms with Crippen LogP contribution >= 0.6 is 0 Å². The zero-order valence-electron chi connectivity index (χ0n) is 32.3. The summed E-state index contributed by atoms with van der Waals surface area (Å²) in [6.45, 7) is 2.38. The highest BCUT2D eigenvalue weighted by Gasteiger charge is 2.46. The van der Waals surface area contributed by atoms with Crippen LogP contribution in [0.2, 0.25) is 0 Å². The van der Waals surface area contributed by atoms with Gasteiger partial charge in [-0.15, -0.1) is 0 Å². The van der Waals surface area contributed by atoms with Crippen molar-refractivity contribution in [3.63, 3.8) is 0 Å². The van der Waals surface area contributed by atoms with E-state index in [4.69, 9.17) is 4.98 Å². The minimum atomic E-state index is -0.430. The molecule has 2 unspecified atom stereocenters. The van der Waals surface area contributed by atoms with Gasteiger partial charge in [0.15, 0.2) is 0 Å². The Balaban J connectivity index is 1.01. The maximum atomic E-state index is 5.22. The molecule has 0 saturated carbocycles. The van der Waals surface area contributed by atoms with Gasteiger partial charge in [0.05, 0.1) is 22.3 Å². The number of hydrogen-bond acceptors (Lipinski definition) is 2. The standard InChI is InChI=1S/C56H40N2/c1-37-45(42-28-31-48-50(38-15-5-2-6-16-38)36-55(58-54(48)35-42)53-23-13-14-32-57-53)29-26-39-24-25-40(33-49(37)39)41-27-30-47-46-21-11-12-22-51(46)56(52(47)34-41,43-17-7-3-8-18-43)44-19-9-4-10-20-44/h2-37,45H,1H3. The van der Waals surface area contributed by atoms with Crippen molar-refractivity contribution in [3.05, 3.63) is 245 Å². The first-order valence-electron chi connectivity index (χ1n) is 20.3. The molecular formula is C56H40N2. The van der Waals surface area contributed by atoms with Gasteiger partial charge in [-0.05, 0) is 109 Å². The third kappa shape index (κ3) is 5.40. The van der Waals surface area contributed by atoms with Gasteiger partial charge in [0, 0.05) is 17.5 Å². The summed E-state index contributed by atoms with van der Waals surface area (Å²) in [5.74, 6) is 0.460. The van der Waals surface area contributed by atoms with Crippen molar-refractivity contribution in [2.45, 2.75) is 24.2 Å². The van der Waals surface area contributed by atoms with E-state index in [1.165, 1.54) is 72.3 Å². The molecule has 2 heteroatoms. The molecule has 2 atom stereocenters. The van der Waals surface area contributed by atoms with Crippen molar-refractivity contribution in [1.29, 1.82) is 0 Å². The predicted molar refractivity (Wildman–Crippen MR) is 240 cm³/mol. The molecule has 11 rings (SSSR count). The van der Waals surface area contributed by atoms with Gasteiger partial charge in [-0.3, -0.25) is 4.98 Å². The summed E-state index contributed by atoms with van der Waals surface area (Å²) in [4.78, 5) is 9.89. The third-order valence-corrected chi connectivity index (χ3v) is 12.6. The SMILES string of the molecule is CC1c2cc(-c3ccc4c(c3)C(c3ccccc3)(c3ccccc3)c3ccccc3-4)ccc2C=CC1c1ccc2c(-c3ccccc3)cc(-c3ccccn3)nc2c1. The maximum Gasteiger partial charge on any atom is 0.0900 e. The average molecular weight is 741 g/mol. The number of hydrogen-bond donors (Lipinski definition) is 0. The zero-order valence-corrected chi connectivity index (χ0v) is 32.3. The first-order valence-corrected chi connectivity index (χ1v) is 20.3. The van der Waals surface area contributed by atoms with Gasteiger partial charge in [-0.1, -0.05) is 183 Å². The number of benzene rings is 7. The van der Waals surface area contributed by atoms with Crippen molar-refractivity contribution in [2.75, 3.05) is 0 Å². The highest BCUT2D eigenvalue weighted by atomic mass is 14.8. The molecule has 2 heterocycles. The summed E-state index contributed by atoms with van der Waals surface area (Å²) < 4.78 is 0. The van der Waals surface area contributed by atoms with E-state index < -0.39 is 5.41 Å². The lowest BCUT2D eigenvalue weighted by atomic mass is 9.67. The molecule has 2 nitrogen and oxygen atoms in total. The lowest BCUT2D eigenvalue weighted by Gasteiger charge is -2.34. The normalized spacial score (nSPS) is 16.1. The fourth-order valence-electron chi connectivity index (χ4n) is 9.85. The molecule has 0 radical (unpaired) electrons. The number of nitrogens with zero attached hydrogens (tertiary/aromatic N) is 2. The van der Waals surface area contributed by atoms with E-state index in [0.717, 1.165) is 22.3 Å². The smallest absolute Gasteiger partial charge is 0.0900 e. The second-order valence-corrected chi connectivity index (χ2v) is 15.7. The van der Waals surface area contributed by atoms with E-state index in [0.29, 0.717) is 0 Å². The van der Waals surface area contributed by atoms with Crippen molar-refractivity contribution in [3.8, 4) is 44.8 Å². The molecule has 0 bridgehead atoms. The molecule has 0 saturated heterocycles. The van der Waals surface area contributed by atoms with E-state index in [9.17, 15) is 0 Å². The van der Waals surface area contributed by atoms with E-state index in [2.05, 4.69) is 200 Å². The van der Waals surface area contributed by atoms with Crippen molar-refractivity contribution < 1.29 is 0 Å². The summed E-state index contributed by atoms with van der Waals surface area (Å²) in [6.07, 6.45) is 6.54. The van der Waals surface area contributed by atoms with Crippen LogP contribution in [-0.4, -0.2) is 9.97 Å². The Hall–Kier alpha value is -7.16. The molecule has 0 spiro atoms. The van der Waals surface area contributed by atoms with Crippen LogP contribution in [0.15, 0.2) is 206 Å². The Morgan fingerprint density at radius 3 is 1.91 bits per heavy atom. The minimum Gasteiger partial charge on any atom is -0.255 e. The van der Waals surface area contributed by atoms with Crippen molar-refractivity contribution >= 4 is 17.0 Å². The van der Waals surface area contributed by atoms with Crippen molar-refractivity contribution in [2.24, 2.45) is 0 Å². The monoisotopic (exact) mass is 740 g/mol. The van der Waals surface area contributed by atoms with Gasteiger partial charge >= 0.3 is 0 Å². The highest BCUT2D eigenvalue weighted by Crippen LogP contribution is 2.57. The van der Waals surface area contributed by atoms with Crippen molar-refractivity contribution in [1.82, 2.24) is 9.97 Å². The third-order valence-electron chi connectivity index (χ3n) is 12.6. The Labute approximate surface area is 339 Å². The summed E-state index contributed by atoms with van der Waals surface area (Å²) >= 11 is 0. The topological polar surface area (TPSA) is 25.8 Å². The number of rotatable bonds is 6. The van der Waals surface area contributed by atoms with Gasteiger partial charge in [0.25, 0.3) is 0 Å². The van der Waals surface area contributed by atoms with Gasteiger partial charge < -0.3 is 0 Å². The first kappa shape index (κ1) is 34.1. The van der Waals surface area contributed by atoms with Crippen LogP contribution in [0.25, 0.3) is 61.7 Å². The average Bonchev–Trinajstić information content (AvgIpc) is 3.60.